The minimum Gasteiger partial charge on any atom is -0.349 e. The van der Waals surface area contributed by atoms with Crippen LogP contribution < -0.4 is 5.32 Å². The molecule has 1 N–H and O–H groups in total. The Hall–Kier alpha value is -1.12. The lowest BCUT2D eigenvalue weighted by Gasteiger charge is -2.01. The maximum absolute atomic E-state index is 11.3. The summed E-state index contributed by atoms with van der Waals surface area (Å²) in [7, 11) is 0. The van der Waals surface area contributed by atoms with Gasteiger partial charge in [-0.05, 0) is 32.1 Å². The van der Waals surface area contributed by atoms with E-state index in [1.807, 2.05) is 0 Å². The van der Waals surface area contributed by atoms with Crippen LogP contribution in [0.2, 0.25) is 0 Å². The molecule has 3 nitrogen and oxygen atoms in total. The number of hydrogen-bond acceptors (Lipinski definition) is 2. The van der Waals surface area contributed by atoms with Gasteiger partial charge >= 0.3 is 0 Å². The van der Waals surface area contributed by atoms with E-state index in [0.717, 1.165) is 19.1 Å². The van der Waals surface area contributed by atoms with Gasteiger partial charge in [0, 0.05) is 6.42 Å². The number of carbonyl (C=O) groups excluding carboxylic acids is 2. The smallest absolute Gasteiger partial charge is 0.220 e. The molecule has 0 aliphatic rings. The lowest BCUT2D eigenvalue weighted by molar-refractivity contribution is -0.122. The minimum atomic E-state index is -0.00488. The van der Waals surface area contributed by atoms with E-state index in [1.54, 1.807) is 0 Å². The first kappa shape index (κ1) is 21.9. The van der Waals surface area contributed by atoms with Gasteiger partial charge < -0.3 is 10.1 Å². The molecule has 0 saturated carbocycles. The second kappa shape index (κ2) is 18.9. The highest BCUT2D eigenvalue weighted by Gasteiger charge is 1.99. The molecule has 0 rings (SSSR count). The van der Waals surface area contributed by atoms with Gasteiger partial charge in [-0.15, -0.1) is 0 Å². The zero-order valence-corrected chi connectivity index (χ0v) is 15.2. The molecule has 0 spiro atoms. The average molecular weight is 324 g/mol. The number of rotatable bonds is 17. The van der Waals surface area contributed by atoms with Gasteiger partial charge in [-0.1, -0.05) is 70.4 Å². The molecule has 0 unspecified atom stereocenters. The SMILES string of the molecule is CCCCCCCC/C=C\CCCCCCCC(=O)NCC=O. The van der Waals surface area contributed by atoms with Crippen LogP contribution in [0.4, 0.5) is 0 Å². The summed E-state index contributed by atoms with van der Waals surface area (Å²) in [6.07, 6.45) is 22.3. The van der Waals surface area contributed by atoms with Crippen LogP contribution in [0.1, 0.15) is 96.8 Å². The van der Waals surface area contributed by atoms with Gasteiger partial charge in [-0.2, -0.15) is 0 Å². The van der Waals surface area contributed by atoms with Gasteiger partial charge in [-0.25, -0.2) is 0 Å². The quantitative estimate of drug-likeness (QED) is 0.223. The average Bonchev–Trinajstić information content (AvgIpc) is 2.56. The van der Waals surface area contributed by atoms with Gasteiger partial charge in [0.05, 0.1) is 6.54 Å². The molecular weight excluding hydrogens is 286 g/mol. The van der Waals surface area contributed by atoms with Crippen LogP contribution in [-0.2, 0) is 9.59 Å². The highest BCUT2D eigenvalue weighted by Crippen LogP contribution is 2.09. The second-order valence-electron chi connectivity index (χ2n) is 6.31. The molecule has 0 atom stereocenters. The summed E-state index contributed by atoms with van der Waals surface area (Å²) < 4.78 is 0. The van der Waals surface area contributed by atoms with Crippen LogP contribution >= 0.6 is 0 Å². The minimum absolute atomic E-state index is 0.00488. The normalized spacial score (nSPS) is 11.0. The van der Waals surface area contributed by atoms with E-state index in [0.29, 0.717) is 6.42 Å². The van der Waals surface area contributed by atoms with E-state index in [1.165, 1.54) is 70.6 Å². The Balaban J connectivity index is 3.16. The molecular formula is C20H37NO2. The molecule has 0 aromatic rings. The van der Waals surface area contributed by atoms with Crippen molar-refractivity contribution < 1.29 is 9.59 Å². The molecule has 0 aromatic heterocycles. The molecule has 0 aromatic carbocycles. The molecule has 0 aliphatic heterocycles. The van der Waals surface area contributed by atoms with Gasteiger partial charge in [0.25, 0.3) is 0 Å². The molecule has 1 amide bonds. The Morgan fingerprint density at radius 3 is 1.87 bits per heavy atom. The number of amides is 1. The maximum Gasteiger partial charge on any atom is 0.220 e. The number of hydrogen-bond donors (Lipinski definition) is 1. The van der Waals surface area contributed by atoms with Gasteiger partial charge in [-0.3, -0.25) is 4.79 Å². The van der Waals surface area contributed by atoms with Crippen molar-refractivity contribution >= 4 is 12.2 Å². The largest absolute Gasteiger partial charge is 0.349 e. The van der Waals surface area contributed by atoms with E-state index >= 15 is 0 Å². The highest BCUT2D eigenvalue weighted by molar-refractivity contribution is 5.78. The molecule has 0 fully saturated rings. The van der Waals surface area contributed by atoms with Crippen molar-refractivity contribution in [1.82, 2.24) is 5.32 Å². The molecule has 3 heteroatoms. The van der Waals surface area contributed by atoms with Crippen molar-refractivity contribution in [3.8, 4) is 0 Å². The number of carbonyl (C=O) groups is 2. The Kier molecular flexibility index (Phi) is 18.0. The lowest BCUT2D eigenvalue weighted by Crippen LogP contribution is -2.24. The van der Waals surface area contributed by atoms with Gasteiger partial charge in [0.15, 0.2) is 0 Å². The molecule has 0 saturated heterocycles. The van der Waals surface area contributed by atoms with Crippen molar-refractivity contribution in [3.05, 3.63) is 12.2 Å². The summed E-state index contributed by atoms with van der Waals surface area (Å²) in [4.78, 5) is 21.4. The van der Waals surface area contributed by atoms with E-state index in [9.17, 15) is 9.59 Å². The monoisotopic (exact) mass is 323 g/mol. The predicted octanol–water partition coefficient (Wildman–Crippen LogP) is 5.34. The van der Waals surface area contributed by atoms with Gasteiger partial charge in [0.2, 0.25) is 5.91 Å². The number of allylic oxidation sites excluding steroid dienone is 2. The van der Waals surface area contributed by atoms with Gasteiger partial charge in [0.1, 0.15) is 6.29 Å². The van der Waals surface area contributed by atoms with Crippen molar-refractivity contribution in [2.24, 2.45) is 0 Å². The van der Waals surface area contributed by atoms with E-state index < -0.39 is 0 Å². The van der Waals surface area contributed by atoms with Crippen LogP contribution in [0.5, 0.6) is 0 Å². The second-order valence-corrected chi connectivity index (χ2v) is 6.31. The van der Waals surface area contributed by atoms with E-state index in [4.69, 9.17) is 0 Å². The van der Waals surface area contributed by atoms with Crippen LogP contribution in [0.15, 0.2) is 12.2 Å². The molecule has 0 heterocycles. The van der Waals surface area contributed by atoms with Crippen LogP contribution in [0.25, 0.3) is 0 Å². The number of aldehydes is 1. The fourth-order valence-corrected chi connectivity index (χ4v) is 2.60. The standard InChI is InChI=1S/C20H37NO2/c1-2-3-4-5-6-7-8-9-10-11-12-13-14-15-16-17-20(23)21-18-19-22/h9-10,19H,2-8,11-18H2,1H3,(H,21,23)/b10-9-. The summed E-state index contributed by atoms with van der Waals surface area (Å²) in [6, 6.07) is 0. The zero-order chi connectivity index (χ0) is 17.0. The summed E-state index contributed by atoms with van der Waals surface area (Å²) in [5.74, 6) is -0.00488. The first-order valence-electron chi connectivity index (χ1n) is 9.66. The van der Waals surface area contributed by atoms with Crippen molar-refractivity contribution in [3.63, 3.8) is 0 Å². The Morgan fingerprint density at radius 2 is 1.30 bits per heavy atom. The summed E-state index contributed by atoms with van der Waals surface area (Å²) in [5, 5.41) is 2.57. The number of unbranched alkanes of at least 4 members (excludes halogenated alkanes) is 11. The Labute approximate surface area is 143 Å². The molecule has 0 bridgehead atoms. The van der Waals surface area contributed by atoms with Crippen LogP contribution in [0, 0.1) is 0 Å². The first-order chi connectivity index (χ1) is 11.3. The zero-order valence-electron chi connectivity index (χ0n) is 15.2. The van der Waals surface area contributed by atoms with Crippen molar-refractivity contribution in [2.75, 3.05) is 6.54 Å². The first-order valence-corrected chi connectivity index (χ1v) is 9.66. The fourth-order valence-electron chi connectivity index (χ4n) is 2.60. The summed E-state index contributed by atoms with van der Waals surface area (Å²) in [6.45, 7) is 2.40. The maximum atomic E-state index is 11.3. The molecule has 0 aliphatic carbocycles. The van der Waals surface area contributed by atoms with Crippen LogP contribution in [-0.4, -0.2) is 18.7 Å². The van der Waals surface area contributed by atoms with E-state index in [2.05, 4.69) is 24.4 Å². The van der Waals surface area contributed by atoms with Crippen LogP contribution in [0.3, 0.4) is 0 Å². The number of nitrogens with one attached hydrogen (secondary N) is 1. The molecule has 134 valence electrons. The predicted molar refractivity (Wildman–Crippen MR) is 98.5 cm³/mol. The van der Waals surface area contributed by atoms with Crippen molar-refractivity contribution in [2.45, 2.75) is 96.8 Å². The summed E-state index contributed by atoms with van der Waals surface area (Å²) in [5.41, 5.74) is 0. The third-order valence-corrected chi connectivity index (χ3v) is 4.05. The molecule has 0 radical (unpaired) electrons. The lowest BCUT2D eigenvalue weighted by atomic mass is 10.1. The topological polar surface area (TPSA) is 46.2 Å². The third kappa shape index (κ3) is 18.8. The van der Waals surface area contributed by atoms with Crippen molar-refractivity contribution in [1.29, 1.82) is 0 Å². The van der Waals surface area contributed by atoms with E-state index in [-0.39, 0.29) is 12.5 Å². The highest BCUT2D eigenvalue weighted by atomic mass is 16.2. The Morgan fingerprint density at radius 1 is 0.783 bits per heavy atom. The fraction of sp³-hybridized carbons (Fsp3) is 0.800. The summed E-state index contributed by atoms with van der Waals surface area (Å²) >= 11 is 0. The molecule has 23 heavy (non-hydrogen) atoms. The third-order valence-electron chi connectivity index (χ3n) is 4.05. The Bertz CT molecular complexity index is 300.